The summed E-state index contributed by atoms with van der Waals surface area (Å²) in [5, 5.41) is 0. The molecule has 1 aliphatic heterocycles. The second kappa shape index (κ2) is 4.92. The van der Waals surface area contributed by atoms with Crippen LogP contribution < -0.4 is 0 Å². The van der Waals surface area contributed by atoms with Crippen LogP contribution in [0.25, 0.3) is 0 Å². The van der Waals surface area contributed by atoms with Crippen molar-refractivity contribution in [1.82, 2.24) is 0 Å². The van der Waals surface area contributed by atoms with Crippen LogP contribution in [0, 0.1) is 5.41 Å². The van der Waals surface area contributed by atoms with Crippen molar-refractivity contribution < 1.29 is 0 Å². The lowest BCUT2D eigenvalue weighted by Crippen LogP contribution is -2.00. The van der Waals surface area contributed by atoms with Gasteiger partial charge in [0.2, 0.25) is 0 Å². The van der Waals surface area contributed by atoms with Gasteiger partial charge in [-0.1, -0.05) is 79.4 Å². The minimum Gasteiger partial charge on any atom is -0.0881 e. The van der Waals surface area contributed by atoms with Gasteiger partial charge in [0.1, 0.15) is 0 Å². The molecule has 3 aliphatic rings. The molecule has 0 nitrogen and oxygen atoms in total. The van der Waals surface area contributed by atoms with E-state index in [1.165, 1.54) is 25.2 Å². The van der Waals surface area contributed by atoms with Crippen LogP contribution in [0.1, 0.15) is 27.2 Å². The molecule has 2 heteroatoms. The molecular formula is C17H18S2. The number of hydrogen-bond donors (Lipinski definition) is 0. The van der Waals surface area contributed by atoms with Gasteiger partial charge in [0, 0.05) is 25.0 Å². The molecule has 0 fully saturated rings. The molecule has 0 saturated carbocycles. The van der Waals surface area contributed by atoms with E-state index in [0.29, 0.717) is 0 Å². The maximum absolute atomic E-state index is 2.36. The van der Waals surface area contributed by atoms with Crippen molar-refractivity contribution in [3.05, 3.63) is 67.7 Å². The van der Waals surface area contributed by atoms with Gasteiger partial charge in [0.05, 0.1) is 0 Å². The molecule has 3 rings (SSSR count). The van der Waals surface area contributed by atoms with Gasteiger partial charge >= 0.3 is 0 Å². The Bertz CT molecular complexity index is 593. The number of hydrogen-bond acceptors (Lipinski definition) is 2. The van der Waals surface area contributed by atoms with Crippen molar-refractivity contribution in [3.63, 3.8) is 0 Å². The molecule has 0 saturated heterocycles. The van der Waals surface area contributed by atoms with Gasteiger partial charge in [-0.15, -0.1) is 0 Å². The summed E-state index contributed by atoms with van der Waals surface area (Å²) in [5.41, 5.74) is 1.58. The minimum absolute atomic E-state index is 0.153. The van der Waals surface area contributed by atoms with Crippen molar-refractivity contribution in [2.75, 3.05) is 0 Å². The predicted molar refractivity (Wildman–Crippen MR) is 88.8 cm³/mol. The lowest BCUT2D eigenvalue weighted by Gasteiger charge is -2.19. The fourth-order valence-electron chi connectivity index (χ4n) is 2.10. The van der Waals surface area contributed by atoms with Crippen LogP contribution >= 0.6 is 23.5 Å². The van der Waals surface area contributed by atoms with Gasteiger partial charge in [0.25, 0.3) is 0 Å². The zero-order valence-corrected chi connectivity index (χ0v) is 13.2. The van der Waals surface area contributed by atoms with E-state index in [2.05, 4.69) is 63.3 Å². The van der Waals surface area contributed by atoms with E-state index in [0.717, 1.165) is 6.42 Å². The molecular weight excluding hydrogens is 268 g/mol. The van der Waals surface area contributed by atoms with Gasteiger partial charge in [-0.2, -0.15) is 0 Å². The fourth-order valence-corrected chi connectivity index (χ4v) is 4.34. The topological polar surface area (TPSA) is 0 Å². The zero-order valence-electron chi connectivity index (χ0n) is 11.6. The molecule has 0 aromatic rings. The Morgan fingerprint density at radius 1 is 0.947 bits per heavy atom. The van der Waals surface area contributed by atoms with E-state index in [1.54, 1.807) is 0 Å². The SMILES string of the molecule is CC1=CC=C2SC3=C(C=CC(C)(C)C=C3)SC2=CC1. The first-order valence-electron chi connectivity index (χ1n) is 6.60. The van der Waals surface area contributed by atoms with E-state index in [9.17, 15) is 0 Å². The van der Waals surface area contributed by atoms with E-state index < -0.39 is 0 Å². The summed E-state index contributed by atoms with van der Waals surface area (Å²) in [6.45, 7) is 6.69. The van der Waals surface area contributed by atoms with E-state index >= 15 is 0 Å². The standard InChI is InChI=1S/C17H18S2/c1-12-4-6-13-14(7-5-12)19-16-9-11-17(2,3)10-8-15(16)18-13/h4,6-11H,5H2,1-3H3. The van der Waals surface area contributed by atoms with Crippen LogP contribution in [0.3, 0.4) is 0 Å². The smallest absolute Gasteiger partial charge is 0.0259 e. The maximum atomic E-state index is 2.36. The summed E-state index contributed by atoms with van der Waals surface area (Å²) in [5.74, 6) is 0. The van der Waals surface area contributed by atoms with Crippen molar-refractivity contribution in [2.45, 2.75) is 27.2 Å². The third-order valence-electron chi connectivity index (χ3n) is 3.38. The molecule has 2 aliphatic carbocycles. The Morgan fingerprint density at radius 2 is 1.58 bits per heavy atom. The lowest BCUT2D eigenvalue weighted by molar-refractivity contribution is 0.627. The molecule has 0 radical (unpaired) electrons. The fraction of sp³-hybridized carbons (Fsp3) is 0.294. The van der Waals surface area contributed by atoms with Crippen molar-refractivity contribution in [2.24, 2.45) is 5.41 Å². The van der Waals surface area contributed by atoms with E-state index in [4.69, 9.17) is 0 Å². The highest BCUT2D eigenvalue weighted by atomic mass is 32.2. The monoisotopic (exact) mass is 286 g/mol. The molecule has 0 N–H and O–H groups in total. The van der Waals surface area contributed by atoms with Crippen LogP contribution in [0.4, 0.5) is 0 Å². The molecule has 19 heavy (non-hydrogen) atoms. The molecule has 0 atom stereocenters. The molecule has 98 valence electrons. The first-order chi connectivity index (χ1) is 9.03. The Hall–Kier alpha value is -0.860. The lowest BCUT2D eigenvalue weighted by atomic mass is 9.93. The Morgan fingerprint density at radius 3 is 2.26 bits per heavy atom. The van der Waals surface area contributed by atoms with Crippen LogP contribution in [0.2, 0.25) is 0 Å². The van der Waals surface area contributed by atoms with E-state index in [1.807, 2.05) is 23.5 Å². The average molecular weight is 286 g/mol. The van der Waals surface area contributed by atoms with Crippen molar-refractivity contribution >= 4 is 23.5 Å². The maximum Gasteiger partial charge on any atom is 0.0259 e. The van der Waals surface area contributed by atoms with Crippen LogP contribution in [-0.4, -0.2) is 0 Å². The normalized spacial score (nSPS) is 24.7. The molecule has 0 unspecified atom stereocenters. The number of rotatable bonds is 0. The second-order valence-corrected chi connectivity index (χ2v) is 7.90. The van der Waals surface area contributed by atoms with Crippen LogP contribution in [0.5, 0.6) is 0 Å². The first kappa shape index (κ1) is 13.1. The van der Waals surface area contributed by atoms with Gasteiger partial charge in [-0.3, -0.25) is 0 Å². The Kier molecular flexibility index (Phi) is 3.40. The average Bonchev–Trinajstić information content (AvgIpc) is 2.64. The van der Waals surface area contributed by atoms with Gasteiger partial charge in [-0.05, 0) is 19.4 Å². The quantitative estimate of drug-likeness (QED) is 0.540. The number of fused-ring (bicyclic) bond motifs is 1. The van der Waals surface area contributed by atoms with Gasteiger partial charge in [0.15, 0.2) is 0 Å². The molecule has 0 spiro atoms. The highest BCUT2D eigenvalue weighted by molar-refractivity contribution is 8.15. The third kappa shape index (κ3) is 2.85. The summed E-state index contributed by atoms with van der Waals surface area (Å²) in [6.07, 6.45) is 17.1. The molecule has 0 aromatic carbocycles. The number of allylic oxidation sites excluding steroid dienone is 8. The Labute approximate surface area is 124 Å². The summed E-state index contributed by atoms with van der Waals surface area (Å²) in [6, 6.07) is 0. The van der Waals surface area contributed by atoms with Crippen LogP contribution in [-0.2, 0) is 0 Å². The summed E-state index contributed by atoms with van der Waals surface area (Å²) in [7, 11) is 0. The zero-order chi connectivity index (χ0) is 13.5. The largest absolute Gasteiger partial charge is 0.0881 e. The predicted octanol–water partition coefficient (Wildman–Crippen LogP) is 5.95. The first-order valence-corrected chi connectivity index (χ1v) is 8.23. The van der Waals surface area contributed by atoms with E-state index in [-0.39, 0.29) is 5.41 Å². The summed E-state index contributed by atoms with van der Waals surface area (Å²) >= 11 is 3.81. The summed E-state index contributed by atoms with van der Waals surface area (Å²) < 4.78 is 0. The molecule has 0 amide bonds. The summed E-state index contributed by atoms with van der Waals surface area (Å²) in [4.78, 5) is 5.56. The highest BCUT2D eigenvalue weighted by Gasteiger charge is 2.23. The molecule has 0 bridgehead atoms. The Balaban J connectivity index is 1.98. The van der Waals surface area contributed by atoms with Crippen LogP contribution in [0.15, 0.2) is 67.7 Å². The van der Waals surface area contributed by atoms with Gasteiger partial charge < -0.3 is 0 Å². The molecule has 0 aromatic heterocycles. The van der Waals surface area contributed by atoms with Gasteiger partial charge in [-0.25, -0.2) is 0 Å². The molecule has 1 heterocycles. The third-order valence-corrected chi connectivity index (χ3v) is 5.98. The minimum atomic E-state index is 0.153. The van der Waals surface area contributed by atoms with Crippen molar-refractivity contribution in [1.29, 1.82) is 0 Å². The highest BCUT2D eigenvalue weighted by Crippen LogP contribution is 2.51. The second-order valence-electron chi connectivity index (χ2n) is 5.74. The number of thioether (sulfide) groups is 2. The van der Waals surface area contributed by atoms with Crippen molar-refractivity contribution in [3.8, 4) is 0 Å².